The van der Waals surface area contributed by atoms with Crippen molar-refractivity contribution in [1.82, 2.24) is 0 Å². The minimum absolute atomic E-state index is 0.282. The normalized spacial score (nSPS) is 42.1. The first kappa shape index (κ1) is 8.75. The summed E-state index contributed by atoms with van der Waals surface area (Å²) in [4.78, 5) is 0. The number of hydrogen-bond acceptors (Lipinski definition) is 0. The highest BCUT2D eigenvalue weighted by Crippen LogP contribution is 2.43. The maximum Gasteiger partial charge on any atom is 0.157 e. The van der Waals surface area contributed by atoms with E-state index in [-0.39, 0.29) is 5.54 Å². The molecular formula is C12H20N2. The topological polar surface area (TPSA) is 26.8 Å². The highest BCUT2D eigenvalue weighted by Gasteiger charge is 2.47. The van der Waals surface area contributed by atoms with Crippen LogP contribution in [0.2, 0.25) is 0 Å². The molecule has 2 unspecified atom stereocenters. The average molecular weight is 192 g/mol. The second-order valence-electron chi connectivity index (χ2n) is 5.48. The van der Waals surface area contributed by atoms with Gasteiger partial charge in [0.2, 0.25) is 0 Å². The fourth-order valence-electron chi connectivity index (χ4n) is 3.77. The van der Waals surface area contributed by atoms with Gasteiger partial charge in [0.15, 0.2) is 5.54 Å². The van der Waals surface area contributed by atoms with E-state index in [1.54, 1.807) is 0 Å². The van der Waals surface area contributed by atoms with Crippen molar-refractivity contribution in [2.75, 3.05) is 0 Å². The first-order chi connectivity index (χ1) is 6.80. The van der Waals surface area contributed by atoms with Crippen molar-refractivity contribution in [1.29, 1.82) is 0 Å². The zero-order chi connectivity index (χ0) is 9.60. The molecule has 0 amide bonds. The van der Waals surface area contributed by atoms with Crippen LogP contribution in [0.5, 0.6) is 0 Å². The van der Waals surface area contributed by atoms with Gasteiger partial charge in [-0.05, 0) is 25.2 Å². The van der Waals surface area contributed by atoms with Gasteiger partial charge in [-0.2, -0.15) is 0 Å². The smallest absolute Gasteiger partial charge is 0.157 e. The average Bonchev–Trinajstić information content (AvgIpc) is 2.41. The molecule has 14 heavy (non-hydrogen) atoms. The van der Waals surface area contributed by atoms with Crippen LogP contribution in [0.4, 0.5) is 0 Å². The van der Waals surface area contributed by atoms with Crippen LogP contribution < -0.4 is 0 Å². The quantitative estimate of drug-likeness (QED) is 0.526. The standard InChI is InChI=1S/C12H20N2/c13-14-11-5-8-12(14)6-2-1-3-10(9-11)4-7-12/h10,13H,1-9H2. The van der Waals surface area contributed by atoms with Crippen LogP contribution in [0.15, 0.2) is 0 Å². The van der Waals surface area contributed by atoms with Crippen LogP contribution in [0.25, 0.3) is 5.84 Å². The summed E-state index contributed by atoms with van der Waals surface area (Å²) >= 11 is 0. The summed E-state index contributed by atoms with van der Waals surface area (Å²) in [7, 11) is 0. The zero-order valence-electron chi connectivity index (χ0n) is 8.89. The third kappa shape index (κ3) is 1.12. The van der Waals surface area contributed by atoms with Crippen molar-refractivity contribution in [2.45, 2.75) is 63.3 Å². The fourth-order valence-corrected chi connectivity index (χ4v) is 3.77. The monoisotopic (exact) mass is 192 g/mol. The highest BCUT2D eigenvalue weighted by atomic mass is 15.4. The molecule has 0 radical (unpaired) electrons. The predicted octanol–water partition coefficient (Wildman–Crippen LogP) is 3.31. The van der Waals surface area contributed by atoms with Crippen molar-refractivity contribution in [2.24, 2.45) is 5.92 Å². The third-order valence-electron chi connectivity index (χ3n) is 4.72. The van der Waals surface area contributed by atoms with Gasteiger partial charge in [0.05, 0.1) is 0 Å². The van der Waals surface area contributed by atoms with Crippen LogP contribution in [-0.4, -0.2) is 15.9 Å². The third-order valence-corrected chi connectivity index (χ3v) is 4.72. The summed E-state index contributed by atoms with van der Waals surface area (Å²) in [5.74, 6) is 9.17. The Morgan fingerprint density at radius 1 is 1.14 bits per heavy atom. The Kier molecular flexibility index (Phi) is 1.86. The van der Waals surface area contributed by atoms with Gasteiger partial charge < -0.3 is 5.84 Å². The van der Waals surface area contributed by atoms with Gasteiger partial charge >= 0.3 is 0 Å². The highest BCUT2D eigenvalue weighted by molar-refractivity contribution is 5.81. The van der Waals surface area contributed by atoms with Crippen molar-refractivity contribution in [3.63, 3.8) is 0 Å². The molecule has 1 fully saturated rings. The van der Waals surface area contributed by atoms with Crippen LogP contribution in [0.3, 0.4) is 0 Å². The first-order valence-electron chi connectivity index (χ1n) is 6.16. The number of fused-ring (bicyclic) bond motifs is 2. The van der Waals surface area contributed by atoms with Gasteiger partial charge in [0.25, 0.3) is 0 Å². The second kappa shape index (κ2) is 2.98. The van der Waals surface area contributed by atoms with E-state index in [0.29, 0.717) is 0 Å². The molecule has 2 heterocycles. The maximum atomic E-state index is 8.25. The summed E-state index contributed by atoms with van der Waals surface area (Å²) in [5.41, 5.74) is 1.74. The van der Waals surface area contributed by atoms with E-state index in [1.165, 1.54) is 63.5 Å². The van der Waals surface area contributed by atoms with Gasteiger partial charge in [-0.3, -0.25) is 4.68 Å². The van der Waals surface area contributed by atoms with Crippen molar-refractivity contribution < 1.29 is 4.68 Å². The van der Waals surface area contributed by atoms with Gasteiger partial charge in [0, 0.05) is 32.1 Å². The SMILES string of the molecule is [NH-][N+]1=C2CCC13CCCCC(CC3)C2. The molecule has 3 rings (SSSR count). The van der Waals surface area contributed by atoms with Crippen LogP contribution in [-0.2, 0) is 0 Å². The van der Waals surface area contributed by atoms with Gasteiger partial charge in [-0.15, -0.1) is 0 Å². The fraction of sp³-hybridized carbons (Fsp3) is 0.917. The summed E-state index contributed by atoms with van der Waals surface area (Å²) in [5, 5.41) is 0. The van der Waals surface area contributed by atoms with Gasteiger partial charge in [0.1, 0.15) is 5.71 Å². The van der Waals surface area contributed by atoms with E-state index < -0.39 is 0 Å². The molecule has 1 N–H and O–H groups in total. The molecule has 2 heteroatoms. The zero-order valence-corrected chi connectivity index (χ0v) is 8.89. The molecule has 1 aliphatic carbocycles. The Balaban J connectivity index is 2.00. The lowest BCUT2D eigenvalue weighted by atomic mass is 9.76. The predicted molar refractivity (Wildman–Crippen MR) is 57.4 cm³/mol. The van der Waals surface area contributed by atoms with E-state index in [1.807, 2.05) is 4.68 Å². The summed E-state index contributed by atoms with van der Waals surface area (Å²) < 4.78 is 1.94. The van der Waals surface area contributed by atoms with Crippen LogP contribution in [0, 0.1) is 5.92 Å². The summed E-state index contributed by atoms with van der Waals surface area (Å²) in [6, 6.07) is 0. The lowest BCUT2D eigenvalue weighted by Gasteiger charge is -2.30. The Morgan fingerprint density at radius 2 is 2.07 bits per heavy atom. The Morgan fingerprint density at radius 3 is 3.00 bits per heavy atom. The first-order valence-corrected chi connectivity index (χ1v) is 6.16. The number of nitrogens with one attached hydrogen (secondary N) is 1. The second-order valence-corrected chi connectivity index (χ2v) is 5.48. The Bertz CT molecular complexity index is 282. The number of rotatable bonds is 0. The van der Waals surface area contributed by atoms with E-state index in [0.717, 1.165) is 5.92 Å². The maximum absolute atomic E-state index is 8.25. The number of nitrogens with zero attached hydrogens (tertiary/aromatic N) is 1. The molecule has 3 aliphatic rings. The molecule has 0 aromatic rings. The van der Waals surface area contributed by atoms with Gasteiger partial charge in [-0.25, -0.2) is 0 Å². The molecule has 2 aliphatic heterocycles. The van der Waals surface area contributed by atoms with Crippen molar-refractivity contribution in [3.05, 3.63) is 5.84 Å². The molecular weight excluding hydrogens is 172 g/mol. The molecule has 0 aromatic heterocycles. The molecule has 0 aromatic carbocycles. The minimum Gasteiger partial charge on any atom is -0.454 e. The van der Waals surface area contributed by atoms with Gasteiger partial charge in [-0.1, -0.05) is 6.42 Å². The molecule has 3 bridgehead atoms. The largest absolute Gasteiger partial charge is 0.454 e. The van der Waals surface area contributed by atoms with E-state index >= 15 is 0 Å². The summed E-state index contributed by atoms with van der Waals surface area (Å²) in [6.07, 6.45) is 11.9. The van der Waals surface area contributed by atoms with Crippen LogP contribution in [0.1, 0.15) is 57.8 Å². The summed E-state index contributed by atoms with van der Waals surface area (Å²) in [6.45, 7) is 0. The lowest BCUT2D eigenvalue weighted by molar-refractivity contribution is -0.544. The van der Waals surface area contributed by atoms with E-state index in [9.17, 15) is 0 Å². The Labute approximate surface area is 86.2 Å². The van der Waals surface area contributed by atoms with E-state index in [4.69, 9.17) is 5.84 Å². The van der Waals surface area contributed by atoms with Crippen LogP contribution >= 0.6 is 0 Å². The molecule has 1 saturated carbocycles. The molecule has 78 valence electrons. The molecule has 2 atom stereocenters. The lowest BCUT2D eigenvalue weighted by Crippen LogP contribution is -2.35. The van der Waals surface area contributed by atoms with Crippen molar-refractivity contribution >= 4 is 5.71 Å². The molecule has 1 spiro atoms. The number of hydrogen-bond donors (Lipinski definition) is 0. The molecule has 0 saturated heterocycles. The Hall–Kier alpha value is -0.530. The van der Waals surface area contributed by atoms with E-state index in [2.05, 4.69) is 0 Å². The molecule has 2 nitrogen and oxygen atoms in total. The van der Waals surface area contributed by atoms with Crippen molar-refractivity contribution in [3.8, 4) is 0 Å². The minimum atomic E-state index is 0.282.